The van der Waals surface area contributed by atoms with Gasteiger partial charge < -0.3 is 14.8 Å². The van der Waals surface area contributed by atoms with Gasteiger partial charge in [-0.25, -0.2) is 0 Å². The zero-order valence-electron chi connectivity index (χ0n) is 17.1. The number of anilines is 1. The van der Waals surface area contributed by atoms with Gasteiger partial charge in [-0.3, -0.25) is 4.79 Å². The van der Waals surface area contributed by atoms with E-state index in [-0.39, 0.29) is 5.91 Å². The van der Waals surface area contributed by atoms with E-state index in [0.717, 1.165) is 32.2 Å². The number of halogens is 1. The molecule has 1 amide bonds. The molecule has 4 aromatic carbocycles. The van der Waals surface area contributed by atoms with Crippen molar-refractivity contribution in [1.82, 2.24) is 0 Å². The van der Waals surface area contributed by atoms with Crippen LogP contribution in [-0.4, -0.2) is 12.5 Å². The summed E-state index contributed by atoms with van der Waals surface area (Å²) in [6.45, 7) is 2.76. The summed E-state index contributed by atoms with van der Waals surface area (Å²) in [4.78, 5) is 12.8. The molecule has 0 unspecified atom stereocenters. The van der Waals surface area contributed by atoms with E-state index in [4.69, 9.17) is 9.47 Å². The zero-order chi connectivity index (χ0) is 21.6. The summed E-state index contributed by atoms with van der Waals surface area (Å²) >= 11 is 3.42. The van der Waals surface area contributed by atoms with Crippen molar-refractivity contribution in [1.29, 1.82) is 0 Å². The molecule has 0 radical (unpaired) electrons. The van der Waals surface area contributed by atoms with Gasteiger partial charge >= 0.3 is 0 Å². The SMILES string of the molecule is CCOc1ccc(C(=O)Nc2cccc(Br)c2)cc1COc1cccc2ccccc12. The van der Waals surface area contributed by atoms with Gasteiger partial charge in [0.2, 0.25) is 0 Å². The van der Waals surface area contributed by atoms with Crippen LogP contribution in [0, 0.1) is 0 Å². The van der Waals surface area contributed by atoms with Crippen LogP contribution in [0.25, 0.3) is 10.8 Å². The minimum Gasteiger partial charge on any atom is -0.493 e. The normalized spacial score (nSPS) is 10.6. The van der Waals surface area contributed by atoms with Crippen LogP contribution < -0.4 is 14.8 Å². The minimum absolute atomic E-state index is 0.187. The van der Waals surface area contributed by atoms with Crippen molar-refractivity contribution in [2.75, 3.05) is 11.9 Å². The number of carbonyl (C=O) groups is 1. The van der Waals surface area contributed by atoms with Crippen LogP contribution in [0.5, 0.6) is 11.5 Å². The lowest BCUT2D eigenvalue weighted by molar-refractivity contribution is 0.102. The monoisotopic (exact) mass is 475 g/mol. The summed E-state index contributed by atoms with van der Waals surface area (Å²) in [5.74, 6) is 1.32. The third kappa shape index (κ3) is 5.06. The molecular formula is C26H22BrNO3. The number of fused-ring (bicyclic) bond motifs is 1. The molecule has 0 saturated carbocycles. The Morgan fingerprint density at radius 2 is 1.68 bits per heavy atom. The Balaban J connectivity index is 1.57. The molecule has 0 spiro atoms. The van der Waals surface area contributed by atoms with E-state index in [0.29, 0.717) is 24.5 Å². The molecule has 0 heterocycles. The molecule has 0 fully saturated rings. The number of amides is 1. The van der Waals surface area contributed by atoms with Gasteiger partial charge in [0.25, 0.3) is 5.91 Å². The van der Waals surface area contributed by atoms with E-state index < -0.39 is 0 Å². The highest BCUT2D eigenvalue weighted by Crippen LogP contribution is 2.28. The first-order chi connectivity index (χ1) is 15.1. The first kappa shape index (κ1) is 20.9. The van der Waals surface area contributed by atoms with Gasteiger partial charge in [-0.1, -0.05) is 58.4 Å². The van der Waals surface area contributed by atoms with Gasteiger partial charge in [-0.05, 0) is 54.8 Å². The number of nitrogens with one attached hydrogen (secondary N) is 1. The van der Waals surface area contributed by atoms with Crippen LogP contribution in [0.1, 0.15) is 22.8 Å². The van der Waals surface area contributed by atoms with Crippen LogP contribution in [0.3, 0.4) is 0 Å². The molecule has 4 nitrogen and oxygen atoms in total. The number of carbonyl (C=O) groups excluding carboxylic acids is 1. The van der Waals surface area contributed by atoms with Crippen LogP contribution in [0.15, 0.2) is 89.4 Å². The van der Waals surface area contributed by atoms with Crippen molar-refractivity contribution >= 4 is 38.3 Å². The Bertz CT molecular complexity index is 1220. The zero-order valence-corrected chi connectivity index (χ0v) is 18.7. The smallest absolute Gasteiger partial charge is 0.255 e. The number of benzene rings is 4. The molecule has 0 aliphatic carbocycles. The third-order valence-corrected chi connectivity index (χ3v) is 5.33. The maximum Gasteiger partial charge on any atom is 0.255 e. The van der Waals surface area contributed by atoms with Crippen molar-refractivity contribution in [2.45, 2.75) is 13.5 Å². The second-order valence-electron chi connectivity index (χ2n) is 6.99. The van der Waals surface area contributed by atoms with E-state index in [1.807, 2.05) is 73.7 Å². The van der Waals surface area contributed by atoms with Crippen molar-refractivity contribution in [3.63, 3.8) is 0 Å². The standard InChI is InChI=1S/C26H22BrNO3/c1-2-30-24-14-13-19(26(29)28-22-10-6-9-21(27)16-22)15-20(24)17-31-25-12-5-8-18-7-3-4-11-23(18)25/h3-16H,2,17H2,1H3,(H,28,29). The molecule has 0 bridgehead atoms. The summed E-state index contributed by atoms with van der Waals surface area (Å²) in [6, 6.07) is 27.0. The van der Waals surface area contributed by atoms with Gasteiger partial charge in [-0.15, -0.1) is 0 Å². The van der Waals surface area contributed by atoms with Crippen LogP contribution in [0.4, 0.5) is 5.69 Å². The van der Waals surface area contributed by atoms with E-state index in [9.17, 15) is 4.79 Å². The van der Waals surface area contributed by atoms with Gasteiger partial charge in [0.15, 0.2) is 0 Å². The molecule has 5 heteroatoms. The predicted octanol–water partition coefficient (Wildman–Crippen LogP) is 6.83. The molecule has 4 aromatic rings. The van der Waals surface area contributed by atoms with E-state index in [1.54, 1.807) is 6.07 Å². The van der Waals surface area contributed by atoms with Crippen LogP contribution in [-0.2, 0) is 6.61 Å². The molecule has 31 heavy (non-hydrogen) atoms. The number of ether oxygens (including phenoxy) is 2. The average Bonchev–Trinajstić information content (AvgIpc) is 2.78. The second kappa shape index (κ2) is 9.67. The van der Waals surface area contributed by atoms with Gasteiger partial charge in [0, 0.05) is 26.7 Å². The molecule has 0 aromatic heterocycles. The van der Waals surface area contributed by atoms with Gasteiger partial charge in [-0.2, -0.15) is 0 Å². The Morgan fingerprint density at radius 1 is 0.871 bits per heavy atom. The molecule has 1 N–H and O–H groups in total. The fraction of sp³-hybridized carbons (Fsp3) is 0.115. The maximum atomic E-state index is 12.8. The Hall–Kier alpha value is -3.31. The highest BCUT2D eigenvalue weighted by Gasteiger charge is 2.13. The van der Waals surface area contributed by atoms with Crippen LogP contribution >= 0.6 is 15.9 Å². The van der Waals surface area contributed by atoms with Crippen molar-refractivity contribution in [2.24, 2.45) is 0 Å². The molecular weight excluding hydrogens is 454 g/mol. The number of rotatable bonds is 7. The summed E-state index contributed by atoms with van der Waals surface area (Å²) in [5.41, 5.74) is 2.08. The molecule has 0 aliphatic rings. The van der Waals surface area contributed by atoms with Crippen LogP contribution in [0.2, 0.25) is 0 Å². The fourth-order valence-electron chi connectivity index (χ4n) is 3.38. The highest BCUT2D eigenvalue weighted by molar-refractivity contribution is 9.10. The molecule has 4 rings (SSSR count). The molecule has 0 aliphatic heterocycles. The fourth-order valence-corrected chi connectivity index (χ4v) is 3.78. The van der Waals surface area contributed by atoms with Gasteiger partial charge in [0.1, 0.15) is 18.1 Å². The maximum absolute atomic E-state index is 12.8. The number of hydrogen-bond donors (Lipinski definition) is 1. The van der Waals surface area contributed by atoms with Crippen molar-refractivity contribution in [3.8, 4) is 11.5 Å². The van der Waals surface area contributed by atoms with Gasteiger partial charge in [0.05, 0.1) is 6.61 Å². The predicted molar refractivity (Wildman–Crippen MR) is 128 cm³/mol. The average molecular weight is 476 g/mol. The quantitative estimate of drug-likeness (QED) is 0.318. The van der Waals surface area contributed by atoms with E-state index in [2.05, 4.69) is 33.4 Å². The van der Waals surface area contributed by atoms with Crippen molar-refractivity contribution in [3.05, 3.63) is 101 Å². The Labute approximate surface area is 189 Å². The lowest BCUT2D eigenvalue weighted by atomic mass is 10.1. The first-order valence-corrected chi connectivity index (χ1v) is 10.9. The minimum atomic E-state index is -0.187. The summed E-state index contributed by atoms with van der Waals surface area (Å²) < 4.78 is 12.8. The Kier molecular flexibility index (Phi) is 6.53. The molecule has 0 saturated heterocycles. The summed E-state index contributed by atoms with van der Waals surface area (Å²) in [6.07, 6.45) is 0. The largest absolute Gasteiger partial charge is 0.493 e. The summed E-state index contributed by atoms with van der Waals surface area (Å²) in [5, 5.41) is 5.09. The highest BCUT2D eigenvalue weighted by atomic mass is 79.9. The lowest BCUT2D eigenvalue weighted by Gasteiger charge is -2.14. The third-order valence-electron chi connectivity index (χ3n) is 4.84. The molecule has 156 valence electrons. The molecule has 0 atom stereocenters. The van der Waals surface area contributed by atoms with E-state index in [1.165, 1.54) is 0 Å². The van der Waals surface area contributed by atoms with E-state index >= 15 is 0 Å². The second-order valence-corrected chi connectivity index (χ2v) is 7.90. The van der Waals surface area contributed by atoms with Crippen molar-refractivity contribution < 1.29 is 14.3 Å². The topological polar surface area (TPSA) is 47.6 Å². The Morgan fingerprint density at radius 3 is 2.52 bits per heavy atom. The summed E-state index contributed by atoms with van der Waals surface area (Å²) in [7, 11) is 0. The number of hydrogen-bond acceptors (Lipinski definition) is 3. The lowest BCUT2D eigenvalue weighted by Crippen LogP contribution is -2.13. The first-order valence-electron chi connectivity index (χ1n) is 10.1.